The molecule has 0 fully saturated rings. The molecule has 0 spiro atoms. The monoisotopic (exact) mass is 390 g/mol. The maximum absolute atomic E-state index is 12.2. The van der Waals surface area contributed by atoms with E-state index in [-0.39, 0.29) is 18.3 Å². The fourth-order valence-corrected chi connectivity index (χ4v) is 3.44. The number of anilines is 1. The van der Waals surface area contributed by atoms with Crippen LogP contribution in [-0.4, -0.2) is 38.1 Å². The number of carbonyl (C=O) groups excluding carboxylic acids is 1. The van der Waals surface area contributed by atoms with Crippen molar-refractivity contribution in [1.29, 1.82) is 0 Å². The number of halogens is 1. The topological polar surface area (TPSA) is 41.6 Å². The molecule has 26 heavy (non-hydrogen) atoms. The van der Waals surface area contributed by atoms with Gasteiger partial charge >= 0.3 is 0 Å². The van der Waals surface area contributed by atoms with Crippen LogP contribution in [0.4, 0.5) is 5.69 Å². The van der Waals surface area contributed by atoms with Crippen molar-refractivity contribution >= 4 is 41.8 Å². The molecule has 0 aliphatic carbocycles. The maximum atomic E-state index is 12.2. The van der Waals surface area contributed by atoms with Gasteiger partial charge in [0, 0.05) is 11.4 Å². The smallest absolute Gasteiger partial charge is 0.262 e. The first kappa shape index (κ1) is 20.4. The highest BCUT2D eigenvalue weighted by molar-refractivity contribution is 8.04. The van der Waals surface area contributed by atoms with Crippen LogP contribution < -0.4 is 10.1 Å². The number of hydrogen-bond donors (Lipinski definition) is 1. The number of amides is 1. The van der Waals surface area contributed by atoms with E-state index >= 15 is 0 Å². The lowest BCUT2D eigenvalue weighted by Crippen LogP contribution is -2.17. The molecule has 0 atom stereocenters. The van der Waals surface area contributed by atoms with Gasteiger partial charge in [0.05, 0.1) is 17.2 Å². The molecule has 1 aliphatic rings. The number of hydrogen-bond acceptors (Lipinski definition) is 4. The van der Waals surface area contributed by atoms with Gasteiger partial charge in [-0.2, -0.15) is 0 Å². The van der Waals surface area contributed by atoms with Gasteiger partial charge in [0.25, 0.3) is 5.91 Å². The molecule has 0 saturated carbocycles. The Bertz CT molecular complexity index is 776. The van der Waals surface area contributed by atoms with Gasteiger partial charge in [-0.05, 0) is 56.4 Å². The van der Waals surface area contributed by atoms with Crippen molar-refractivity contribution in [3.63, 3.8) is 0 Å². The number of ether oxygens (including phenoxy) is 1. The van der Waals surface area contributed by atoms with E-state index in [0.29, 0.717) is 11.5 Å². The third-order valence-electron chi connectivity index (χ3n) is 3.78. The number of para-hydroxylation sites is 1. The summed E-state index contributed by atoms with van der Waals surface area (Å²) >= 11 is 1.50. The Hall–Kier alpha value is -1.95. The van der Waals surface area contributed by atoms with E-state index in [9.17, 15) is 4.79 Å². The predicted octanol–water partition coefficient (Wildman–Crippen LogP) is 4.52. The summed E-state index contributed by atoms with van der Waals surface area (Å²) in [6.45, 7) is 1.71. The highest BCUT2D eigenvalue weighted by Crippen LogP contribution is 2.38. The van der Waals surface area contributed by atoms with Gasteiger partial charge in [-0.1, -0.05) is 36.0 Å². The lowest BCUT2D eigenvalue weighted by molar-refractivity contribution is -0.112. The SMILES string of the molecule is CN(C)CCCOc1ccc(C=C2Sc3ccccc3NC2=O)cc1.Cl. The molecule has 1 aliphatic heterocycles. The van der Waals surface area contributed by atoms with Crippen molar-refractivity contribution in [3.8, 4) is 5.75 Å². The molecule has 138 valence electrons. The standard InChI is InChI=1S/C20H22N2O2S.ClH/c1-22(2)12-5-13-24-16-10-8-15(9-11-16)14-19-20(23)21-17-6-3-4-7-18(17)25-19;/h3-4,6-11,14H,5,12-13H2,1-2H3,(H,21,23);1H. The number of benzene rings is 2. The van der Waals surface area contributed by atoms with Gasteiger partial charge in [-0.25, -0.2) is 0 Å². The van der Waals surface area contributed by atoms with Crippen LogP contribution in [0.15, 0.2) is 58.3 Å². The zero-order chi connectivity index (χ0) is 17.6. The van der Waals surface area contributed by atoms with Crippen molar-refractivity contribution in [1.82, 2.24) is 4.90 Å². The molecule has 3 rings (SSSR count). The summed E-state index contributed by atoms with van der Waals surface area (Å²) in [5.74, 6) is 0.791. The third-order valence-corrected chi connectivity index (χ3v) is 4.87. The van der Waals surface area contributed by atoms with Crippen LogP contribution in [0.3, 0.4) is 0 Å². The van der Waals surface area contributed by atoms with Crippen molar-refractivity contribution in [3.05, 3.63) is 59.0 Å². The van der Waals surface area contributed by atoms with Crippen molar-refractivity contribution in [2.45, 2.75) is 11.3 Å². The molecule has 1 heterocycles. The number of nitrogens with one attached hydrogen (secondary N) is 1. The average molecular weight is 391 g/mol. The van der Waals surface area contributed by atoms with E-state index in [4.69, 9.17) is 4.74 Å². The van der Waals surface area contributed by atoms with E-state index < -0.39 is 0 Å². The molecule has 4 nitrogen and oxygen atoms in total. The summed E-state index contributed by atoms with van der Waals surface area (Å²) in [6, 6.07) is 15.7. The minimum atomic E-state index is -0.0623. The van der Waals surface area contributed by atoms with E-state index in [1.165, 1.54) is 11.8 Å². The lowest BCUT2D eigenvalue weighted by atomic mass is 10.2. The summed E-state index contributed by atoms with van der Waals surface area (Å²) in [7, 11) is 4.11. The highest BCUT2D eigenvalue weighted by Gasteiger charge is 2.20. The predicted molar refractivity (Wildman–Crippen MR) is 111 cm³/mol. The Kier molecular flexibility index (Phi) is 7.57. The lowest BCUT2D eigenvalue weighted by Gasteiger charge is -2.18. The van der Waals surface area contributed by atoms with Crippen LogP contribution in [0.2, 0.25) is 0 Å². The van der Waals surface area contributed by atoms with Gasteiger partial charge in [0.1, 0.15) is 5.75 Å². The molecular weight excluding hydrogens is 368 g/mol. The van der Waals surface area contributed by atoms with E-state index in [0.717, 1.165) is 34.9 Å². The van der Waals surface area contributed by atoms with Crippen molar-refractivity contribution < 1.29 is 9.53 Å². The first-order valence-corrected chi connectivity index (χ1v) is 9.11. The van der Waals surface area contributed by atoms with E-state index in [1.807, 2.05) is 54.6 Å². The summed E-state index contributed by atoms with van der Waals surface area (Å²) in [6.07, 6.45) is 2.90. The number of thioether (sulfide) groups is 1. The molecule has 0 saturated heterocycles. The summed E-state index contributed by atoms with van der Waals surface area (Å²) in [4.78, 5) is 16.1. The zero-order valence-electron chi connectivity index (χ0n) is 14.9. The van der Waals surface area contributed by atoms with Crippen LogP contribution in [0.25, 0.3) is 6.08 Å². The minimum absolute atomic E-state index is 0. The fourth-order valence-electron chi connectivity index (χ4n) is 2.49. The number of nitrogens with zero attached hydrogens (tertiary/aromatic N) is 1. The molecule has 1 N–H and O–H groups in total. The highest BCUT2D eigenvalue weighted by atomic mass is 35.5. The quantitative estimate of drug-likeness (QED) is 0.581. The minimum Gasteiger partial charge on any atom is -0.494 e. The maximum Gasteiger partial charge on any atom is 0.262 e. The van der Waals surface area contributed by atoms with Crippen molar-refractivity contribution in [2.24, 2.45) is 0 Å². The molecule has 6 heteroatoms. The van der Waals surface area contributed by atoms with Gasteiger partial charge in [0.2, 0.25) is 0 Å². The number of rotatable bonds is 6. The van der Waals surface area contributed by atoms with Crippen LogP contribution in [-0.2, 0) is 4.79 Å². The first-order valence-electron chi connectivity index (χ1n) is 8.29. The Morgan fingerprint density at radius 3 is 2.58 bits per heavy atom. The average Bonchev–Trinajstić information content (AvgIpc) is 2.60. The van der Waals surface area contributed by atoms with Crippen LogP contribution >= 0.6 is 24.2 Å². The van der Waals surface area contributed by atoms with Crippen LogP contribution in [0, 0.1) is 0 Å². The number of fused-ring (bicyclic) bond motifs is 1. The molecule has 0 bridgehead atoms. The van der Waals surface area contributed by atoms with Crippen molar-refractivity contribution in [2.75, 3.05) is 32.6 Å². The molecule has 2 aromatic rings. The first-order chi connectivity index (χ1) is 12.1. The van der Waals surface area contributed by atoms with Gasteiger partial charge in [0.15, 0.2) is 0 Å². The summed E-state index contributed by atoms with van der Waals surface area (Å²) < 4.78 is 5.74. The third kappa shape index (κ3) is 5.53. The van der Waals surface area contributed by atoms with E-state index in [2.05, 4.69) is 24.3 Å². The second-order valence-corrected chi connectivity index (χ2v) is 7.22. The number of carbonyl (C=O) groups is 1. The molecule has 2 aromatic carbocycles. The second kappa shape index (κ2) is 9.67. The Balaban J connectivity index is 0.00000243. The Morgan fingerprint density at radius 2 is 1.85 bits per heavy atom. The molecular formula is C20H23ClN2O2S. The van der Waals surface area contributed by atoms with Gasteiger partial charge in [-0.3, -0.25) is 4.79 Å². The molecule has 0 radical (unpaired) electrons. The summed E-state index contributed by atoms with van der Waals surface area (Å²) in [5.41, 5.74) is 1.86. The summed E-state index contributed by atoms with van der Waals surface area (Å²) in [5, 5.41) is 2.93. The van der Waals surface area contributed by atoms with Crippen LogP contribution in [0.1, 0.15) is 12.0 Å². The van der Waals surface area contributed by atoms with E-state index in [1.54, 1.807) is 0 Å². The normalized spacial score (nSPS) is 14.6. The van der Waals surface area contributed by atoms with Gasteiger partial charge < -0.3 is 15.0 Å². The molecule has 0 unspecified atom stereocenters. The van der Waals surface area contributed by atoms with Crippen LogP contribution in [0.5, 0.6) is 5.75 Å². The largest absolute Gasteiger partial charge is 0.494 e. The fraction of sp³-hybridized carbons (Fsp3) is 0.250. The Labute approximate surface area is 165 Å². The molecule has 0 aromatic heterocycles. The second-order valence-electron chi connectivity index (χ2n) is 6.14. The Morgan fingerprint density at radius 1 is 1.12 bits per heavy atom. The zero-order valence-corrected chi connectivity index (χ0v) is 16.5. The molecule has 1 amide bonds. The van der Waals surface area contributed by atoms with Gasteiger partial charge in [-0.15, -0.1) is 12.4 Å².